The maximum absolute atomic E-state index is 12.5. The Morgan fingerprint density at radius 2 is 1.80 bits per heavy atom. The first-order valence-corrected chi connectivity index (χ1v) is 7.11. The first kappa shape index (κ1) is 18.8. The van der Waals surface area contributed by atoms with E-state index in [0.717, 1.165) is 6.42 Å². The number of benzene rings is 1. The van der Waals surface area contributed by atoms with Crippen LogP contribution in [0.5, 0.6) is 5.75 Å². The lowest BCUT2D eigenvalue weighted by atomic mass is 9.88. The van der Waals surface area contributed by atoms with Gasteiger partial charge in [-0.05, 0) is 24.5 Å². The summed E-state index contributed by atoms with van der Waals surface area (Å²) in [6.45, 7) is 5.90. The summed E-state index contributed by atoms with van der Waals surface area (Å²) in [5.74, 6) is -2.15. The average Bonchev–Trinajstić information content (AvgIpc) is 2.41. The van der Waals surface area contributed by atoms with Crippen molar-refractivity contribution in [3.63, 3.8) is 0 Å². The Balaban J connectivity index is 0.000000321. The fourth-order valence-electron chi connectivity index (χ4n) is 2.03. The minimum atomic E-state index is -2.35. The van der Waals surface area contributed by atoms with Crippen LogP contribution in [0.15, 0.2) is 24.3 Å². The van der Waals surface area contributed by atoms with E-state index >= 15 is 0 Å². The largest absolute Gasteiger partial charge is 0.494 e. The lowest BCUT2D eigenvalue weighted by molar-refractivity contribution is -0.0494. The maximum Gasteiger partial charge on any atom is 0.248 e. The van der Waals surface area contributed by atoms with E-state index in [-0.39, 0.29) is 30.3 Å². The lowest BCUT2D eigenvalue weighted by Gasteiger charge is -2.25. The third-order valence-corrected chi connectivity index (χ3v) is 2.94. The standard InChI is InChI=1S/C7H12F2.C7H7FO.C2H6/c1-6-3-2-4-7(8,9)5-6;1-9-7-5-3-2-4-6(7)8;1-2/h6H,2-5H2,1H3;2-5H,1H3;1-2H3. The molecule has 0 heterocycles. The van der Waals surface area contributed by atoms with Gasteiger partial charge in [-0.1, -0.05) is 39.3 Å². The molecule has 1 atom stereocenters. The molecule has 0 aliphatic heterocycles. The summed E-state index contributed by atoms with van der Waals surface area (Å²) in [5, 5.41) is 0. The maximum atomic E-state index is 12.5. The predicted molar refractivity (Wildman–Crippen MR) is 76.9 cm³/mol. The molecule has 1 nitrogen and oxygen atoms in total. The third-order valence-electron chi connectivity index (χ3n) is 2.94. The van der Waals surface area contributed by atoms with Crippen LogP contribution in [0.4, 0.5) is 13.2 Å². The van der Waals surface area contributed by atoms with Crippen molar-refractivity contribution in [2.24, 2.45) is 5.92 Å². The number of hydrogen-bond acceptors (Lipinski definition) is 1. The van der Waals surface area contributed by atoms with Gasteiger partial charge in [0.15, 0.2) is 11.6 Å². The van der Waals surface area contributed by atoms with Gasteiger partial charge in [-0.25, -0.2) is 13.2 Å². The summed E-state index contributed by atoms with van der Waals surface area (Å²) < 4.78 is 42.0. The molecule has 0 aromatic heterocycles. The van der Waals surface area contributed by atoms with Crippen LogP contribution in [0, 0.1) is 11.7 Å². The highest BCUT2D eigenvalue weighted by molar-refractivity contribution is 5.23. The molecular weight excluding hydrogens is 265 g/mol. The van der Waals surface area contributed by atoms with E-state index in [9.17, 15) is 13.2 Å². The summed E-state index contributed by atoms with van der Waals surface area (Å²) in [6, 6.07) is 6.29. The molecular formula is C16H25F3O. The van der Waals surface area contributed by atoms with Gasteiger partial charge >= 0.3 is 0 Å². The van der Waals surface area contributed by atoms with Crippen molar-refractivity contribution in [3.05, 3.63) is 30.1 Å². The van der Waals surface area contributed by atoms with Gasteiger partial charge in [-0.3, -0.25) is 0 Å². The van der Waals surface area contributed by atoms with Crippen molar-refractivity contribution in [1.82, 2.24) is 0 Å². The first-order chi connectivity index (χ1) is 9.44. The second kappa shape index (κ2) is 9.67. The minimum absolute atomic E-state index is 0.104. The van der Waals surface area contributed by atoms with Crippen molar-refractivity contribution in [3.8, 4) is 5.75 Å². The summed E-state index contributed by atoms with van der Waals surface area (Å²) in [5.41, 5.74) is 0. The van der Waals surface area contributed by atoms with Crippen LogP contribution in [-0.2, 0) is 0 Å². The number of alkyl halides is 2. The van der Waals surface area contributed by atoms with Crippen LogP contribution in [0.25, 0.3) is 0 Å². The van der Waals surface area contributed by atoms with Crippen LogP contribution in [0.3, 0.4) is 0 Å². The van der Waals surface area contributed by atoms with Crippen LogP contribution in [0.2, 0.25) is 0 Å². The van der Waals surface area contributed by atoms with Gasteiger partial charge in [-0.2, -0.15) is 0 Å². The Labute approximate surface area is 120 Å². The van der Waals surface area contributed by atoms with E-state index < -0.39 is 5.92 Å². The average molecular weight is 290 g/mol. The molecule has 1 fully saturated rings. The molecule has 0 radical (unpaired) electrons. The first-order valence-electron chi connectivity index (χ1n) is 7.11. The fourth-order valence-corrected chi connectivity index (χ4v) is 2.03. The fraction of sp³-hybridized carbons (Fsp3) is 0.625. The number of hydrogen-bond donors (Lipinski definition) is 0. The molecule has 1 aliphatic carbocycles. The van der Waals surface area contributed by atoms with Crippen LogP contribution >= 0.6 is 0 Å². The Morgan fingerprint density at radius 1 is 1.20 bits per heavy atom. The highest BCUT2D eigenvalue weighted by atomic mass is 19.3. The van der Waals surface area contributed by atoms with Crippen LogP contribution in [-0.4, -0.2) is 13.0 Å². The normalized spacial score (nSPS) is 19.9. The molecule has 4 heteroatoms. The van der Waals surface area contributed by atoms with E-state index in [1.165, 1.54) is 13.2 Å². The zero-order valence-corrected chi connectivity index (χ0v) is 12.8. The van der Waals surface area contributed by atoms with Gasteiger partial charge in [0.2, 0.25) is 5.92 Å². The summed E-state index contributed by atoms with van der Waals surface area (Å²) >= 11 is 0. The second-order valence-electron chi connectivity index (χ2n) is 4.69. The number of halogens is 3. The van der Waals surface area contributed by atoms with Gasteiger partial charge in [-0.15, -0.1) is 0 Å². The van der Waals surface area contributed by atoms with Gasteiger partial charge < -0.3 is 4.74 Å². The van der Waals surface area contributed by atoms with E-state index in [1.54, 1.807) is 18.2 Å². The number of methoxy groups -OCH3 is 1. The van der Waals surface area contributed by atoms with Crippen molar-refractivity contribution in [2.75, 3.05) is 7.11 Å². The van der Waals surface area contributed by atoms with Gasteiger partial charge in [0.05, 0.1) is 7.11 Å². The van der Waals surface area contributed by atoms with E-state index in [0.29, 0.717) is 6.42 Å². The Kier molecular flexibility index (Phi) is 9.10. The SMILES string of the molecule is CC.CC1CCCC(F)(F)C1.COc1ccccc1F. The summed E-state index contributed by atoms with van der Waals surface area (Å²) in [7, 11) is 1.44. The molecule has 1 unspecified atom stereocenters. The van der Waals surface area contributed by atoms with Gasteiger partial charge in [0.25, 0.3) is 0 Å². The van der Waals surface area contributed by atoms with Gasteiger partial charge in [0, 0.05) is 12.8 Å². The molecule has 116 valence electrons. The third kappa shape index (κ3) is 7.41. The van der Waals surface area contributed by atoms with E-state index in [2.05, 4.69) is 4.74 Å². The van der Waals surface area contributed by atoms with Crippen molar-refractivity contribution < 1.29 is 17.9 Å². The molecule has 1 aromatic carbocycles. The monoisotopic (exact) mass is 290 g/mol. The van der Waals surface area contributed by atoms with Crippen molar-refractivity contribution >= 4 is 0 Å². The van der Waals surface area contributed by atoms with Crippen LogP contribution in [0.1, 0.15) is 46.5 Å². The lowest BCUT2D eigenvalue weighted by Crippen LogP contribution is -2.24. The molecule has 0 amide bonds. The molecule has 2 rings (SSSR count). The highest BCUT2D eigenvalue weighted by Crippen LogP contribution is 2.35. The second-order valence-corrected chi connectivity index (χ2v) is 4.69. The topological polar surface area (TPSA) is 9.23 Å². The molecule has 1 aromatic rings. The van der Waals surface area contributed by atoms with Gasteiger partial charge in [0.1, 0.15) is 0 Å². The quantitative estimate of drug-likeness (QED) is 0.645. The molecule has 20 heavy (non-hydrogen) atoms. The predicted octanol–water partition coefficient (Wildman–Crippen LogP) is 5.69. The Morgan fingerprint density at radius 3 is 2.15 bits per heavy atom. The number of para-hydroxylation sites is 1. The van der Waals surface area contributed by atoms with Crippen molar-refractivity contribution in [2.45, 2.75) is 52.4 Å². The molecule has 0 N–H and O–H groups in total. The Hall–Kier alpha value is -1.19. The summed E-state index contributed by atoms with van der Waals surface area (Å²) in [6.07, 6.45) is 1.90. The zero-order valence-electron chi connectivity index (χ0n) is 12.8. The minimum Gasteiger partial charge on any atom is -0.494 e. The number of ether oxygens (including phenoxy) is 1. The van der Waals surface area contributed by atoms with E-state index in [1.807, 2.05) is 20.8 Å². The zero-order chi connectivity index (χ0) is 15.6. The smallest absolute Gasteiger partial charge is 0.248 e. The number of rotatable bonds is 1. The van der Waals surface area contributed by atoms with Crippen molar-refractivity contribution in [1.29, 1.82) is 0 Å². The summed E-state index contributed by atoms with van der Waals surface area (Å²) in [4.78, 5) is 0. The van der Waals surface area contributed by atoms with E-state index in [4.69, 9.17) is 0 Å². The molecule has 0 saturated heterocycles. The molecule has 0 spiro atoms. The molecule has 0 bridgehead atoms. The molecule has 1 aliphatic rings. The highest BCUT2D eigenvalue weighted by Gasteiger charge is 2.33. The molecule has 1 saturated carbocycles. The van der Waals surface area contributed by atoms with Crippen LogP contribution < -0.4 is 4.74 Å². The Bertz CT molecular complexity index is 366.